The molecule has 0 saturated carbocycles. The van der Waals surface area contributed by atoms with E-state index in [0.717, 1.165) is 16.7 Å². The zero-order chi connectivity index (χ0) is 18.3. The van der Waals surface area contributed by atoms with Crippen molar-refractivity contribution in [3.8, 4) is 0 Å². The van der Waals surface area contributed by atoms with E-state index in [-0.39, 0.29) is 22.4 Å². The Morgan fingerprint density at radius 2 is 1.68 bits per heavy atom. The Balaban J connectivity index is 2.19. The molecule has 1 N–H and O–H groups in total. The molecule has 0 unspecified atom stereocenters. The number of nitrogens with one attached hydrogen (secondary N) is 1. The standard InChI is InChI=1S/C19H19N3O3/c1-11-7-5-6-8-15(11)20-19(23)18-14(4)21(24)16-9-12(2)13(3)10-17(16)22(18)25/h5-10H,1-4H3,(H,20,23). The minimum atomic E-state index is -0.605. The summed E-state index contributed by atoms with van der Waals surface area (Å²) >= 11 is 0. The third kappa shape index (κ3) is 2.76. The molecule has 3 aromatic rings. The zero-order valence-corrected chi connectivity index (χ0v) is 14.6. The molecule has 0 fully saturated rings. The number of rotatable bonds is 2. The van der Waals surface area contributed by atoms with Crippen LogP contribution in [0.15, 0.2) is 36.4 Å². The largest absolute Gasteiger partial charge is 0.805 e. The molecule has 0 aliphatic heterocycles. The van der Waals surface area contributed by atoms with Crippen LogP contribution in [0.2, 0.25) is 0 Å². The molecule has 128 valence electrons. The van der Waals surface area contributed by atoms with Crippen LogP contribution in [0.25, 0.3) is 11.0 Å². The second-order valence-corrected chi connectivity index (χ2v) is 6.22. The number of carbonyl (C=O) groups excluding carboxylic acids is 1. The maximum atomic E-state index is 12.8. The molecule has 0 bridgehead atoms. The van der Waals surface area contributed by atoms with Gasteiger partial charge in [0.1, 0.15) is 5.52 Å². The molecular weight excluding hydrogens is 318 g/mol. The normalized spacial score (nSPS) is 10.9. The number of aromatic nitrogens is 2. The molecule has 1 amide bonds. The molecule has 0 aliphatic carbocycles. The highest BCUT2D eigenvalue weighted by molar-refractivity contribution is 6.03. The monoisotopic (exact) mass is 337 g/mol. The van der Waals surface area contributed by atoms with E-state index < -0.39 is 5.91 Å². The fourth-order valence-electron chi connectivity index (χ4n) is 2.81. The Bertz CT molecular complexity index is 1070. The van der Waals surface area contributed by atoms with Crippen molar-refractivity contribution in [3.05, 3.63) is 74.6 Å². The maximum absolute atomic E-state index is 12.8. The van der Waals surface area contributed by atoms with Crippen molar-refractivity contribution in [1.82, 2.24) is 4.73 Å². The SMILES string of the molecule is Cc1cc2c(cc1C)[n+](=O)c(C(=O)Nc1ccccc1C)c(C)n2[O-]. The third-order valence-electron chi connectivity index (χ3n) is 4.49. The number of hydrogen-bond donors (Lipinski definition) is 1. The second kappa shape index (κ2) is 6.05. The summed E-state index contributed by atoms with van der Waals surface area (Å²) < 4.78 is 1.18. The van der Waals surface area contributed by atoms with Crippen molar-refractivity contribution >= 4 is 22.6 Å². The first kappa shape index (κ1) is 16.7. The van der Waals surface area contributed by atoms with Gasteiger partial charge >= 0.3 is 11.6 Å². The molecular formula is C19H19N3O3. The minimum absolute atomic E-state index is 0.0665. The first-order valence-electron chi connectivity index (χ1n) is 7.95. The van der Waals surface area contributed by atoms with Crippen molar-refractivity contribution in [2.75, 3.05) is 5.32 Å². The summed E-state index contributed by atoms with van der Waals surface area (Å²) in [5.74, 6) is -0.605. The third-order valence-corrected chi connectivity index (χ3v) is 4.49. The molecule has 3 rings (SSSR count). The van der Waals surface area contributed by atoms with Crippen LogP contribution in [0, 0.1) is 37.8 Å². The topological polar surface area (TPSA) is 80.1 Å². The lowest BCUT2D eigenvalue weighted by molar-refractivity contribution is -0.468. The van der Waals surface area contributed by atoms with E-state index in [4.69, 9.17) is 0 Å². The molecule has 6 nitrogen and oxygen atoms in total. The molecule has 0 spiro atoms. The van der Waals surface area contributed by atoms with Gasteiger partial charge in [-0.15, -0.1) is 0 Å². The highest BCUT2D eigenvalue weighted by atomic mass is 16.5. The molecule has 0 aliphatic rings. The number of para-hydroxylation sites is 1. The number of amides is 1. The van der Waals surface area contributed by atoms with E-state index in [1.54, 1.807) is 24.3 Å². The number of anilines is 1. The maximum Gasteiger partial charge on any atom is 0.346 e. The number of aryl methyl sites for hydroxylation is 3. The van der Waals surface area contributed by atoms with Crippen LogP contribution in [-0.4, -0.2) is 10.6 Å². The lowest BCUT2D eigenvalue weighted by Crippen LogP contribution is -2.33. The molecule has 25 heavy (non-hydrogen) atoms. The summed E-state index contributed by atoms with van der Waals surface area (Å²) in [7, 11) is 0. The van der Waals surface area contributed by atoms with E-state index in [9.17, 15) is 14.9 Å². The van der Waals surface area contributed by atoms with Crippen LogP contribution < -0.4 is 9.74 Å². The Morgan fingerprint density at radius 1 is 1.04 bits per heavy atom. The van der Waals surface area contributed by atoms with Crippen molar-refractivity contribution in [1.29, 1.82) is 0 Å². The average molecular weight is 337 g/mol. The van der Waals surface area contributed by atoms with Crippen LogP contribution in [0.3, 0.4) is 0 Å². The van der Waals surface area contributed by atoms with Gasteiger partial charge in [-0.05, 0) is 56.5 Å². The quantitative estimate of drug-likeness (QED) is 0.728. The molecule has 1 heterocycles. The van der Waals surface area contributed by atoms with Gasteiger partial charge in [0.15, 0.2) is 0 Å². The summed E-state index contributed by atoms with van der Waals surface area (Å²) in [4.78, 5) is 25.5. The summed E-state index contributed by atoms with van der Waals surface area (Å²) in [5.41, 5.74) is 3.56. The smallest absolute Gasteiger partial charge is 0.346 e. The average Bonchev–Trinajstić information content (AvgIpc) is 2.57. The zero-order valence-electron chi connectivity index (χ0n) is 14.6. The fraction of sp³-hybridized carbons (Fsp3) is 0.211. The van der Waals surface area contributed by atoms with Crippen LogP contribution in [0.1, 0.15) is 32.9 Å². The van der Waals surface area contributed by atoms with E-state index >= 15 is 0 Å². The molecule has 0 radical (unpaired) electrons. The Labute approximate surface area is 144 Å². The highest BCUT2D eigenvalue weighted by Crippen LogP contribution is 2.20. The summed E-state index contributed by atoms with van der Waals surface area (Å²) in [6, 6.07) is 10.6. The predicted octanol–water partition coefficient (Wildman–Crippen LogP) is 3.39. The van der Waals surface area contributed by atoms with Crippen LogP contribution >= 0.6 is 0 Å². The van der Waals surface area contributed by atoms with Crippen molar-refractivity contribution in [2.45, 2.75) is 27.7 Å². The van der Waals surface area contributed by atoms with Crippen LogP contribution in [-0.2, 0) is 0 Å². The molecule has 6 heteroatoms. The molecule has 0 atom stereocenters. The van der Waals surface area contributed by atoms with Crippen molar-refractivity contribution < 1.29 is 9.22 Å². The lowest BCUT2D eigenvalue weighted by Gasteiger charge is -2.17. The van der Waals surface area contributed by atoms with Gasteiger partial charge < -0.3 is 15.3 Å². The first-order valence-corrected chi connectivity index (χ1v) is 7.95. The number of fused-ring (bicyclic) bond motifs is 1. The minimum Gasteiger partial charge on any atom is -0.805 e. The first-order chi connectivity index (χ1) is 11.8. The van der Waals surface area contributed by atoms with E-state index in [1.165, 1.54) is 6.92 Å². The van der Waals surface area contributed by atoms with Gasteiger partial charge in [0.25, 0.3) is 5.52 Å². The Morgan fingerprint density at radius 3 is 2.36 bits per heavy atom. The molecule has 0 saturated heterocycles. The van der Waals surface area contributed by atoms with Crippen molar-refractivity contribution in [3.63, 3.8) is 0 Å². The predicted molar refractivity (Wildman–Crippen MR) is 97.4 cm³/mol. The van der Waals surface area contributed by atoms with Gasteiger partial charge in [0, 0.05) is 16.7 Å². The second-order valence-electron chi connectivity index (χ2n) is 6.22. The fourth-order valence-corrected chi connectivity index (χ4v) is 2.81. The van der Waals surface area contributed by atoms with Crippen LogP contribution in [0.5, 0.6) is 0 Å². The molecule has 2 aromatic carbocycles. The van der Waals surface area contributed by atoms with Gasteiger partial charge in [0.05, 0.1) is 10.1 Å². The van der Waals surface area contributed by atoms with E-state index in [0.29, 0.717) is 14.8 Å². The van der Waals surface area contributed by atoms with E-state index in [1.807, 2.05) is 32.9 Å². The Kier molecular flexibility index (Phi) is 4.04. The van der Waals surface area contributed by atoms with Crippen LogP contribution in [0.4, 0.5) is 5.69 Å². The highest BCUT2D eigenvalue weighted by Gasteiger charge is 2.27. The van der Waals surface area contributed by atoms with Gasteiger partial charge in [-0.2, -0.15) is 0 Å². The van der Waals surface area contributed by atoms with Gasteiger partial charge in [-0.3, -0.25) is 4.79 Å². The Hall–Kier alpha value is -3.15. The summed E-state index contributed by atoms with van der Waals surface area (Å²) in [6.45, 7) is 7.06. The van der Waals surface area contributed by atoms with Gasteiger partial charge in [-0.25, -0.2) is 0 Å². The van der Waals surface area contributed by atoms with Gasteiger partial charge in [0.2, 0.25) is 0 Å². The van der Waals surface area contributed by atoms with Crippen molar-refractivity contribution in [2.24, 2.45) is 0 Å². The number of benzene rings is 2. The summed E-state index contributed by atoms with van der Waals surface area (Å²) in [6.07, 6.45) is 0. The molecule has 1 aromatic heterocycles. The number of nitrogens with zero attached hydrogens (tertiary/aromatic N) is 2. The van der Waals surface area contributed by atoms with Gasteiger partial charge in [-0.1, -0.05) is 18.2 Å². The number of hydrogen-bond acceptors (Lipinski definition) is 3. The lowest BCUT2D eigenvalue weighted by atomic mass is 10.1. The summed E-state index contributed by atoms with van der Waals surface area (Å²) in [5, 5.41) is 15.3. The number of carbonyl (C=O) groups is 1. The van der Waals surface area contributed by atoms with E-state index in [2.05, 4.69) is 5.32 Å².